The van der Waals surface area contributed by atoms with Gasteiger partial charge < -0.3 is 14.7 Å². The van der Waals surface area contributed by atoms with E-state index in [1.54, 1.807) is 18.5 Å². The summed E-state index contributed by atoms with van der Waals surface area (Å²) in [4.78, 5) is 16.7. The standard InChI is InChI=1S/C13H16ClN3O2/c1-17(2)11(12-4-3-5-19-12)8-16-13(18)10-6-9(14)7-15-10/h3-7,11,15H,8H2,1-2H3,(H,16,18). The molecule has 1 unspecified atom stereocenters. The molecule has 0 aliphatic heterocycles. The molecule has 19 heavy (non-hydrogen) atoms. The fourth-order valence-corrected chi connectivity index (χ4v) is 1.97. The van der Waals surface area contributed by atoms with Gasteiger partial charge in [0.15, 0.2) is 0 Å². The summed E-state index contributed by atoms with van der Waals surface area (Å²) >= 11 is 5.76. The summed E-state index contributed by atoms with van der Waals surface area (Å²) in [7, 11) is 3.87. The molecule has 6 heteroatoms. The Hall–Kier alpha value is -1.72. The highest BCUT2D eigenvalue weighted by atomic mass is 35.5. The maximum Gasteiger partial charge on any atom is 0.267 e. The lowest BCUT2D eigenvalue weighted by molar-refractivity contribution is 0.0934. The summed E-state index contributed by atoms with van der Waals surface area (Å²) < 4.78 is 5.38. The van der Waals surface area contributed by atoms with Crippen LogP contribution in [-0.4, -0.2) is 36.4 Å². The SMILES string of the molecule is CN(C)C(CNC(=O)c1cc(Cl)c[nH]1)c1ccco1. The second-order valence-corrected chi connectivity index (χ2v) is 4.87. The summed E-state index contributed by atoms with van der Waals surface area (Å²) in [6, 6.07) is 5.30. The lowest BCUT2D eigenvalue weighted by Gasteiger charge is -2.22. The maximum atomic E-state index is 11.9. The topological polar surface area (TPSA) is 61.3 Å². The predicted octanol–water partition coefficient (Wildman–Crippen LogP) is 2.29. The van der Waals surface area contributed by atoms with E-state index in [2.05, 4.69) is 10.3 Å². The number of nitrogens with zero attached hydrogens (tertiary/aromatic N) is 1. The van der Waals surface area contributed by atoms with Crippen molar-refractivity contribution in [3.05, 3.63) is 47.1 Å². The van der Waals surface area contributed by atoms with Crippen molar-refractivity contribution >= 4 is 17.5 Å². The average molecular weight is 282 g/mol. The second kappa shape index (κ2) is 5.95. The van der Waals surface area contributed by atoms with Gasteiger partial charge in [-0.15, -0.1) is 0 Å². The zero-order valence-corrected chi connectivity index (χ0v) is 11.6. The molecule has 2 aromatic heterocycles. The molecule has 0 aromatic carbocycles. The minimum absolute atomic E-state index is 0.00983. The van der Waals surface area contributed by atoms with Crippen molar-refractivity contribution in [1.29, 1.82) is 0 Å². The number of hydrogen-bond donors (Lipinski definition) is 2. The molecule has 2 N–H and O–H groups in total. The smallest absolute Gasteiger partial charge is 0.267 e. The Morgan fingerprint density at radius 2 is 2.37 bits per heavy atom. The van der Waals surface area contributed by atoms with Crippen LogP contribution in [0.5, 0.6) is 0 Å². The van der Waals surface area contributed by atoms with Crippen molar-refractivity contribution in [3.8, 4) is 0 Å². The Morgan fingerprint density at radius 3 is 2.89 bits per heavy atom. The van der Waals surface area contributed by atoms with Crippen molar-refractivity contribution in [1.82, 2.24) is 15.2 Å². The van der Waals surface area contributed by atoms with E-state index in [9.17, 15) is 4.79 Å². The Balaban J connectivity index is 1.98. The normalized spacial score (nSPS) is 12.6. The van der Waals surface area contributed by atoms with E-state index >= 15 is 0 Å². The first-order valence-electron chi connectivity index (χ1n) is 5.90. The van der Waals surface area contributed by atoms with Gasteiger partial charge in [-0.2, -0.15) is 0 Å². The van der Waals surface area contributed by atoms with Crippen LogP contribution in [0.3, 0.4) is 0 Å². The van der Waals surface area contributed by atoms with Gasteiger partial charge in [0, 0.05) is 12.7 Å². The predicted molar refractivity (Wildman–Crippen MR) is 73.3 cm³/mol. The average Bonchev–Trinajstić information content (AvgIpc) is 3.00. The van der Waals surface area contributed by atoms with Crippen LogP contribution >= 0.6 is 11.6 Å². The van der Waals surface area contributed by atoms with Gasteiger partial charge in [0.25, 0.3) is 5.91 Å². The fraction of sp³-hybridized carbons (Fsp3) is 0.308. The Bertz CT molecular complexity index is 534. The number of aromatic nitrogens is 1. The van der Waals surface area contributed by atoms with Crippen molar-refractivity contribution in [2.75, 3.05) is 20.6 Å². The first kappa shape index (κ1) is 13.7. The van der Waals surface area contributed by atoms with Gasteiger partial charge >= 0.3 is 0 Å². The first-order valence-corrected chi connectivity index (χ1v) is 6.27. The quantitative estimate of drug-likeness (QED) is 0.884. The summed E-state index contributed by atoms with van der Waals surface area (Å²) in [6.07, 6.45) is 3.20. The van der Waals surface area contributed by atoms with Gasteiger partial charge in [-0.3, -0.25) is 9.69 Å². The van der Waals surface area contributed by atoms with Crippen molar-refractivity contribution in [2.45, 2.75) is 6.04 Å². The van der Waals surface area contributed by atoms with Crippen LogP contribution in [0, 0.1) is 0 Å². The monoisotopic (exact) mass is 281 g/mol. The molecule has 1 amide bonds. The molecule has 0 saturated heterocycles. The van der Waals surface area contributed by atoms with E-state index in [0.29, 0.717) is 17.3 Å². The van der Waals surface area contributed by atoms with Gasteiger partial charge in [-0.25, -0.2) is 0 Å². The molecular weight excluding hydrogens is 266 g/mol. The summed E-state index contributed by atoms with van der Waals surface area (Å²) in [5, 5.41) is 3.37. The lowest BCUT2D eigenvalue weighted by atomic mass is 10.2. The van der Waals surface area contributed by atoms with Crippen LogP contribution in [0.25, 0.3) is 0 Å². The van der Waals surface area contributed by atoms with Crippen molar-refractivity contribution < 1.29 is 9.21 Å². The van der Waals surface area contributed by atoms with Gasteiger partial charge in [-0.05, 0) is 32.3 Å². The highest BCUT2D eigenvalue weighted by molar-refractivity contribution is 6.30. The molecule has 102 valence electrons. The molecule has 2 heterocycles. The molecule has 0 bridgehead atoms. The molecule has 0 aliphatic carbocycles. The van der Waals surface area contributed by atoms with Gasteiger partial charge in [0.1, 0.15) is 11.5 Å². The number of halogens is 1. The van der Waals surface area contributed by atoms with Crippen LogP contribution in [0.15, 0.2) is 35.1 Å². The van der Waals surface area contributed by atoms with Crippen LogP contribution < -0.4 is 5.32 Å². The van der Waals surface area contributed by atoms with E-state index < -0.39 is 0 Å². The zero-order chi connectivity index (χ0) is 13.8. The highest BCUT2D eigenvalue weighted by Gasteiger charge is 2.18. The first-order chi connectivity index (χ1) is 9.08. The zero-order valence-electron chi connectivity index (χ0n) is 10.8. The fourth-order valence-electron chi connectivity index (χ4n) is 1.80. The number of furan rings is 1. The third-order valence-electron chi connectivity index (χ3n) is 2.84. The lowest BCUT2D eigenvalue weighted by Crippen LogP contribution is -2.34. The van der Waals surface area contributed by atoms with Gasteiger partial charge in [-0.1, -0.05) is 11.6 Å². The van der Waals surface area contributed by atoms with Crippen molar-refractivity contribution in [2.24, 2.45) is 0 Å². The third-order valence-corrected chi connectivity index (χ3v) is 3.06. The van der Waals surface area contributed by atoms with E-state index in [-0.39, 0.29) is 11.9 Å². The van der Waals surface area contributed by atoms with Crippen LogP contribution in [0.4, 0.5) is 0 Å². The number of rotatable bonds is 5. The van der Waals surface area contributed by atoms with Crippen molar-refractivity contribution in [3.63, 3.8) is 0 Å². The number of H-pyrrole nitrogens is 1. The molecular formula is C13H16ClN3O2. The Kier molecular flexibility index (Phi) is 4.29. The molecule has 0 radical (unpaired) electrons. The number of hydrogen-bond acceptors (Lipinski definition) is 3. The number of carbonyl (C=O) groups is 1. The highest BCUT2D eigenvalue weighted by Crippen LogP contribution is 2.17. The van der Waals surface area contributed by atoms with E-state index in [1.165, 1.54) is 0 Å². The summed E-state index contributed by atoms with van der Waals surface area (Å²) in [5.74, 6) is 0.625. The van der Waals surface area contributed by atoms with Crippen LogP contribution in [0.1, 0.15) is 22.3 Å². The number of nitrogens with one attached hydrogen (secondary N) is 2. The molecule has 0 aliphatic rings. The number of aromatic amines is 1. The minimum atomic E-state index is -0.190. The molecule has 2 aromatic rings. The molecule has 1 atom stereocenters. The Morgan fingerprint density at radius 1 is 1.58 bits per heavy atom. The number of likely N-dealkylation sites (N-methyl/N-ethyl adjacent to an activating group) is 1. The second-order valence-electron chi connectivity index (χ2n) is 4.44. The minimum Gasteiger partial charge on any atom is -0.468 e. The summed E-state index contributed by atoms with van der Waals surface area (Å²) in [5.41, 5.74) is 0.446. The molecule has 0 fully saturated rings. The number of amides is 1. The molecule has 2 rings (SSSR count). The van der Waals surface area contributed by atoms with E-state index in [1.807, 2.05) is 31.1 Å². The number of carbonyl (C=O) groups excluding carboxylic acids is 1. The van der Waals surface area contributed by atoms with Crippen LogP contribution in [-0.2, 0) is 0 Å². The summed E-state index contributed by atoms with van der Waals surface area (Å²) in [6.45, 7) is 0.454. The van der Waals surface area contributed by atoms with E-state index in [4.69, 9.17) is 16.0 Å². The Labute approximate surface area is 116 Å². The molecule has 0 spiro atoms. The van der Waals surface area contributed by atoms with Crippen LogP contribution in [0.2, 0.25) is 5.02 Å². The molecule has 5 nitrogen and oxygen atoms in total. The largest absolute Gasteiger partial charge is 0.468 e. The van der Waals surface area contributed by atoms with Gasteiger partial charge in [0.2, 0.25) is 0 Å². The van der Waals surface area contributed by atoms with Gasteiger partial charge in [0.05, 0.1) is 17.3 Å². The third kappa shape index (κ3) is 3.39. The molecule has 0 saturated carbocycles. The van der Waals surface area contributed by atoms with E-state index in [0.717, 1.165) is 5.76 Å². The maximum absolute atomic E-state index is 11.9.